The number of ketones is 1. The summed E-state index contributed by atoms with van der Waals surface area (Å²) in [7, 11) is 1.56. The number of fused-ring (bicyclic) bond motifs is 1. The molecule has 0 saturated heterocycles. The van der Waals surface area contributed by atoms with Crippen molar-refractivity contribution in [2.45, 2.75) is 77.9 Å². The van der Waals surface area contributed by atoms with Gasteiger partial charge in [-0.2, -0.15) is 0 Å². The lowest BCUT2D eigenvalue weighted by Crippen LogP contribution is -2.54. The van der Waals surface area contributed by atoms with Gasteiger partial charge in [0, 0.05) is 30.9 Å². The summed E-state index contributed by atoms with van der Waals surface area (Å²) in [6, 6.07) is 21.6. The molecule has 45 heavy (non-hydrogen) atoms. The molecule has 0 saturated carbocycles. The van der Waals surface area contributed by atoms with Crippen molar-refractivity contribution in [2.75, 3.05) is 7.11 Å². The molecule has 1 aliphatic rings. The van der Waals surface area contributed by atoms with Gasteiger partial charge >= 0.3 is 0 Å². The smallest absolute Gasteiger partial charge is 0.243 e. The van der Waals surface area contributed by atoms with E-state index in [4.69, 9.17) is 4.74 Å². The van der Waals surface area contributed by atoms with Crippen LogP contribution in [-0.2, 0) is 20.9 Å². The second-order valence-corrected chi connectivity index (χ2v) is 12.7. The summed E-state index contributed by atoms with van der Waals surface area (Å²) in [5.74, 6) is -0.384. The van der Waals surface area contributed by atoms with Gasteiger partial charge in [0.25, 0.3) is 0 Å². The summed E-state index contributed by atoms with van der Waals surface area (Å²) in [4.78, 5) is 52.9. The molecule has 0 aliphatic heterocycles. The van der Waals surface area contributed by atoms with Gasteiger partial charge in [-0.3, -0.25) is 19.2 Å². The first kappa shape index (κ1) is 33.4. The quantitative estimate of drug-likeness (QED) is 0.213. The highest BCUT2D eigenvalue weighted by molar-refractivity contribution is 6.02. The molecule has 3 aromatic rings. The summed E-state index contributed by atoms with van der Waals surface area (Å²) in [5, 5.41) is 8.87. The van der Waals surface area contributed by atoms with Gasteiger partial charge in [0.2, 0.25) is 17.7 Å². The van der Waals surface area contributed by atoms with Gasteiger partial charge in [0.1, 0.15) is 17.8 Å². The van der Waals surface area contributed by atoms with Crippen molar-refractivity contribution in [1.29, 1.82) is 0 Å². The Morgan fingerprint density at radius 1 is 0.800 bits per heavy atom. The third-order valence-corrected chi connectivity index (χ3v) is 8.12. The molecule has 0 aromatic heterocycles. The number of carbonyl (C=O) groups excluding carboxylic acids is 4. The first-order valence-electron chi connectivity index (χ1n) is 15.8. The maximum Gasteiger partial charge on any atom is 0.243 e. The molecule has 0 radical (unpaired) electrons. The number of benzene rings is 3. The van der Waals surface area contributed by atoms with E-state index in [0.29, 0.717) is 30.7 Å². The van der Waals surface area contributed by atoms with Crippen molar-refractivity contribution in [3.05, 3.63) is 89.5 Å². The molecule has 8 nitrogen and oxygen atoms in total. The first-order valence-corrected chi connectivity index (χ1v) is 15.8. The fraction of sp³-hybridized carbons (Fsp3) is 0.405. The van der Waals surface area contributed by atoms with E-state index in [1.807, 2.05) is 88.4 Å². The lowest BCUT2D eigenvalue weighted by atomic mass is 9.96. The predicted octanol–water partition coefficient (Wildman–Crippen LogP) is 5.80. The third kappa shape index (κ3) is 9.03. The minimum atomic E-state index is -0.819. The van der Waals surface area contributed by atoms with E-state index in [1.165, 1.54) is 0 Å². The van der Waals surface area contributed by atoms with Gasteiger partial charge in [0.05, 0.1) is 7.11 Å². The number of Topliss-reactive ketones (excluding diaryl/α,β-unsaturated/α-hetero) is 1. The monoisotopic (exact) mass is 611 g/mol. The van der Waals surface area contributed by atoms with Crippen LogP contribution in [0.1, 0.15) is 80.8 Å². The largest absolute Gasteiger partial charge is 0.497 e. The van der Waals surface area contributed by atoms with Crippen molar-refractivity contribution in [1.82, 2.24) is 16.0 Å². The van der Waals surface area contributed by atoms with Crippen LogP contribution >= 0.6 is 0 Å². The van der Waals surface area contributed by atoms with Crippen molar-refractivity contribution < 1.29 is 23.9 Å². The lowest BCUT2D eigenvalue weighted by molar-refractivity contribution is -0.132. The summed E-state index contributed by atoms with van der Waals surface area (Å²) in [6.45, 7) is 8.27. The molecule has 3 amide bonds. The fourth-order valence-corrected chi connectivity index (χ4v) is 5.92. The maximum absolute atomic E-state index is 13.6. The SMILES string of the molecule is COc1ccc2c(c1)C(CC(=O)N[C@@H](CC(C)C)C(=O)N[C@H](CC(C)C)C(=O)NCc1ccccc1-c1ccccc1)CC2=O. The molecule has 1 unspecified atom stereocenters. The molecule has 3 N–H and O–H groups in total. The predicted molar refractivity (Wildman–Crippen MR) is 176 cm³/mol. The Morgan fingerprint density at radius 3 is 2.11 bits per heavy atom. The van der Waals surface area contributed by atoms with Crippen LogP contribution in [0.2, 0.25) is 0 Å². The zero-order valence-corrected chi connectivity index (χ0v) is 26.9. The summed E-state index contributed by atoms with van der Waals surface area (Å²) < 4.78 is 5.32. The lowest BCUT2D eigenvalue weighted by Gasteiger charge is -2.25. The second-order valence-electron chi connectivity index (χ2n) is 12.7. The topological polar surface area (TPSA) is 114 Å². The van der Waals surface area contributed by atoms with Crippen molar-refractivity contribution in [3.8, 4) is 16.9 Å². The normalized spacial score (nSPS) is 15.4. The Hall–Kier alpha value is -4.46. The van der Waals surface area contributed by atoms with Crippen LogP contribution in [0.4, 0.5) is 0 Å². The van der Waals surface area contributed by atoms with Gasteiger partial charge in [-0.15, -0.1) is 0 Å². The number of ether oxygens (including phenoxy) is 1. The van der Waals surface area contributed by atoms with Crippen LogP contribution < -0.4 is 20.7 Å². The van der Waals surface area contributed by atoms with E-state index in [9.17, 15) is 19.2 Å². The zero-order valence-electron chi connectivity index (χ0n) is 26.9. The van der Waals surface area contributed by atoms with Gasteiger partial charge in [-0.25, -0.2) is 0 Å². The van der Waals surface area contributed by atoms with E-state index in [0.717, 1.165) is 22.3 Å². The molecular weight excluding hydrogens is 566 g/mol. The van der Waals surface area contributed by atoms with Crippen LogP contribution in [0.15, 0.2) is 72.8 Å². The van der Waals surface area contributed by atoms with E-state index in [-0.39, 0.29) is 48.2 Å². The Morgan fingerprint density at radius 2 is 1.44 bits per heavy atom. The standard InChI is InChI=1S/C37H45N3O5/c1-23(2)17-32(36(43)38-22-26-13-9-10-14-29(26)25-11-7-6-8-12-25)40-37(44)33(18-24(3)4)39-35(42)20-27-19-34(41)30-16-15-28(45-5)21-31(27)30/h6-16,21,23-24,27,32-33H,17-20,22H2,1-5H3,(H,38,43)(H,39,42)(H,40,44)/t27?,32-,33+/m1/s1. The molecule has 3 atom stereocenters. The van der Waals surface area contributed by atoms with Crippen LogP contribution in [0.25, 0.3) is 11.1 Å². The Balaban J connectivity index is 1.42. The summed E-state index contributed by atoms with van der Waals surface area (Å²) in [5.41, 5.74) is 4.47. The maximum atomic E-state index is 13.6. The minimum absolute atomic E-state index is 0.00384. The van der Waals surface area contributed by atoms with Gasteiger partial charge < -0.3 is 20.7 Å². The number of carbonyl (C=O) groups is 4. The zero-order chi connectivity index (χ0) is 32.5. The van der Waals surface area contributed by atoms with Crippen LogP contribution in [0, 0.1) is 11.8 Å². The second kappa shape index (κ2) is 15.5. The van der Waals surface area contributed by atoms with Gasteiger partial charge in [0.15, 0.2) is 5.78 Å². The number of hydrogen-bond donors (Lipinski definition) is 3. The molecule has 0 fully saturated rings. The molecule has 0 bridgehead atoms. The molecule has 1 aliphatic carbocycles. The molecule has 8 heteroatoms. The molecule has 0 heterocycles. The van der Waals surface area contributed by atoms with Gasteiger partial charge in [-0.1, -0.05) is 82.3 Å². The Kier molecular flexibility index (Phi) is 11.5. The molecule has 4 rings (SSSR count). The van der Waals surface area contributed by atoms with Crippen LogP contribution in [0.3, 0.4) is 0 Å². The van der Waals surface area contributed by atoms with Gasteiger partial charge in [-0.05, 0) is 65.1 Å². The van der Waals surface area contributed by atoms with Crippen LogP contribution in [0.5, 0.6) is 5.75 Å². The average Bonchev–Trinajstić information content (AvgIpc) is 3.32. The van der Waals surface area contributed by atoms with Crippen molar-refractivity contribution >= 4 is 23.5 Å². The van der Waals surface area contributed by atoms with E-state index < -0.39 is 18.0 Å². The number of amides is 3. The number of methoxy groups -OCH3 is 1. The number of hydrogen-bond acceptors (Lipinski definition) is 5. The average molecular weight is 612 g/mol. The van der Waals surface area contributed by atoms with Crippen LogP contribution in [-0.4, -0.2) is 42.7 Å². The summed E-state index contributed by atoms with van der Waals surface area (Å²) >= 11 is 0. The first-order chi connectivity index (χ1) is 21.5. The molecular formula is C37H45N3O5. The number of nitrogens with one attached hydrogen (secondary N) is 3. The molecule has 3 aromatic carbocycles. The van der Waals surface area contributed by atoms with E-state index in [1.54, 1.807) is 19.2 Å². The molecule has 238 valence electrons. The minimum Gasteiger partial charge on any atom is -0.497 e. The fourth-order valence-electron chi connectivity index (χ4n) is 5.92. The third-order valence-electron chi connectivity index (χ3n) is 8.12. The summed E-state index contributed by atoms with van der Waals surface area (Å²) in [6.07, 6.45) is 1.17. The Labute approximate surface area is 266 Å². The van der Waals surface area contributed by atoms with Crippen molar-refractivity contribution in [3.63, 3.8) is 0 Å². The van der Waals surface area contributed by atoms with E-state index in [2.05, 4.69) is 16.0 Å². The molecule has 0 spiro atoms. The van der Waals surface area contributed by atoms with E-state index >= 15 is 0 Å². The highest BCUT2D eigenvalue weighted by Gasteiger charge is 2.33. The highest BCUT2D eigenvalue weighted by atomic mass is 16.5. The highest BCUT2D eigenvalue weighted by Crippen LogP contribution is 2.37. The Bertz CT molecular complexity index is 1500. The number of rotatable bonds is 14. The van der Waals surface area contributed by atoms with Crippen molar-refractivity contribution in [2.24, 2.45) is 11.8 Å².